The van der Waals surface area contributed by atoms with Gasteiger partial charge in [-0.25, -0.2) is 9.18 Å². The summed E-state index contributed by atoms with van der Waals surface area (Å²) in [6, 6.07) is 6.31. The second kappa shape index (κ2) is 6.52. The summed E-state index contributed by atoms with van der Waals surface area (Å²) in [5.74, 6) is 2.40. The van der Waals surface area contributed by atoms with Crippen LogP contribution in [0, 0.1) is 18.2 Å². The molecule has 0 aliphatic heterocycles. The second-order valence-corrected chi connectivity index (χ2v) is 6.90. The predicted molar refractivity (Wildman–Crippen MR) is 92.8 cm³/mol. The summed E-state index contributed by atoms with van der Waals surface area (Å²) in [6.07, 6.45) is 4.70. The van der Waals surface area contributed by atoms with E-state index in [1.807, 2.05) is 13.8 Å². The van der Waals surface area contributed by atoms with Gasteiger partial charge in [0.05, 0.1) is 5.56 Å². The zero-order valence-electron chi connectivity index (χ0n) is 14.6. The number of fused-ring (bicyclic) bond motifs is 1. The summed E-state index contributed by atoms with van der Waals surface area (Å²) in [5.41, 5.74) is 0.396. The molecule has 24 heavy (non-hydrogen) atoms. The lowest BCUT2D eigenvalue weighted by atomic mass is 9.92. The Kier molecular flexibility index (Phi) is 4.84. The van der Waals surface area contributed by atoms with Crippen LogP contribution < -0.4 is 4.74 Å². The minimum Gasteiger partial charge on any atom is -0.428 e. The highest BCUT2D eigenvalue weighted by molar-refractivity contribution is 5.93. The van der Waals surface area contributed by atoms with E-state index in [4.69, 9.17) is 15.9 Å². The van der Waals surface area contributed by atoms with Crippen molar-refractivity contribution in [1.29, 1.82) is 0 Å². The third-order valence-electron chi connectivity index (χ3n) is 3.43. The number of halogens is 1. The fourth-order valence-electron chi connectivity index (χ4n) is 2.47. The Bertz CT molecular complexity index is 823. The van der Waals surface area contributed by atoms with Crippen molar-refractivity contribution >= 4 is 16.9 Å². The Balaban J connectivity index is 2.54. The Morgan fingerprint density at radius 2 is 1.92 bits per heavy atom. The zero-order chi connectivity index (χ0) is 18.1. The number of carbonyl (C=O) groups is 1. The molecule has 0 aliphatic rings. The van der Waals surface area contributed by atoms with Crippen molar-refractivity contribution in [3.05, 3.63) is 41.2 Å². The van der Waals surface area contributed by atoms with Crippen molar-refractivity contribution in [2.75, 3.05) is 0 Å². The number of hydrogen-bond acceptors (Lipinski definition) is 3. The van der Waals surface area contributed by atoms with E-state index in [2.05, 4.69) is 5.92 Å². The number of carbonyl (C=O) groups excluding carboxylic acids is 1. The molecule has 2 aromatic carbocycles. The van der Waals surface area contributed by atoms with Crippen molar-refractivity contribution < 1.29 is 18.7 Å². The lowest BCUT2D eigenvalue weighted by Gasteiger charge is -2.19. The Morgan fingerprint density at radius 3 is 2.46 bits per heavy atom. The van der Waals surface area contributed by atoms with Gasteiger partial charge in [0.25, 0.3) is 0 Å². The van der Waals surface area contributed by atoms with Crippen LogP contribution in [0.5, 0.6) is 5.75 Å². The quantitative estimate of drug-likeness (QED) is 0.421. The first kappa shape index (κ1) is 17.8. The van der Waals surface area contributed by atoms with Gasteiger partial charge in [0, 0.05) is 5.39 Å². The summed E-state index contributed by atoms with van der Waals surface area (Å²) in [6.45, 7) is 9.22. The molecule has 0 radical (unpaired) electrons. The molecule has 0 atom stereocenters. The van der Waals surface area contributed by atoms with E-state index in [-0.39, 0.29) is 11.5 Å². The van der Waals surface area contributed by atoms with E-state index in [0.717, 1.165) is 5.56 Å². The molecule has 0 N–H and O–H groups in total. The van der Waals surface area contributed by atoms with Gasteiger partial charge < -0.3 is 9.47 Å². The minimum absolute atomic E-state index is 0.0728. The molecule has 126 valence electrons. The van der Waals surface area contributed by atoms with Crippen LogP contribution in [0.15, 0.2) is 24.3 Å². The topological polar surface area (TPSA) is 35.5 Å². The van der Waals surface area contributed by atoms with E-state index < -0.39 is 17.6 Å². The Hall–Kier alpha value is -2.54. The molecular weight excluding hydrogens is 307 g/mol. The van der Waals surface area contributed by atoms with Gasteiger partial charge in [-0.05, 0) is 55.8 Å². The van der Waals surface area contributed by atoms with Crippen LogP contribution in [0.3, 0.4) is 0 Å². The van der Waals surface area contributed by atoms with Crippen LogP contribution in [0.4, 0.5) is 9.18 Å². The van der Waals surface area contributed by atoms with Gasteiger partial charge in [-0.1, -0.05) is 25.8 Å². The molecule has 0 heterocycles. The van der Waals surface area contributed by atoms with E-state index in [0.29, 0.717) is 16.5 Å². The first-order valence-electron chi connectivity index (χ1n) is 7.76. The fraction of sp³-hybridized carbons (Fsp3) is 0.350. The molecule has 0 unspecified atom stereocenters. The zero-order valence-corrected chi connectivity index (χ0v) is 14.6. The van der Waals surface area contributed by atoms with Gasteiger partial charge in [-0.3, -0.25) is 0 Å². The summed E-state index contributed by atoms with van der Waals surface area (Å²) in [7, 11) is 0. The average Bonchev–Trinajstić information content (AvgIpc) is 2.44. The average molecular weight is 328 g/mol. The van der Waals surface area contributed by atoms with Crippen LogP contribution in [0.2, 0.25) is 0 Å². The van der Waals surface area contributed by atoms with Gasteiger partial charge in [0.15, 0.2) is 0 Å². The number of hydrogen-bond donors (Lipinski definition) is 0. The molecule has 0 spiro atoms. The molecule has 2 rings (SSSR count). The maximum Gasteiger partial charge on any atom is 0.514 e. The standard InChI is InChI=1S/C20H21FO3/c1-7-15-17(21)9-8-13-10-14(11-16(12(2)3)18(13)15)23-19(22)24-20(4,5)6/h1,8-12H,2-6H3. The van der Waals surface area contributed by atoms with Gasteiger partial charge in [0.2, 0.25) is 0 Å². The highest BCUT2D eigenvalue weighted by Gasteiger charge is 2.20. The molecule has 0 aromatic heterocycles. The Labute approximate surface area is 141 Å². The summed E-state index contributed by atoms with van der Waals surface area (Å²) < 4.78 is 24.5. The second-order valence-electron chi connectivity index (χ2n) is 6.90. The van der Waals surface area contributed by atoms with Crippen LogP contribution in [-0.2, 0) is 4.74 Å². The van der Waals surface area contributed by atoms with Crippen LogP contribution in [0.25, 0.3) is 10.8 Å². The van der Waals surface area contributed by atoms with Gasteiger partial charge in [-0.15, -0.1) is 6.42 Å². The maximum atomic E-state index is 14.0. The summed E-state index contributed by atoms with van der Waals surface area (Å²) in [5, 5.41) is 1.39. The SMILES string of the molecule is C#Cc1c(F)ccc2cc(OC(=O)OC(C)(C)C)cc(C(C)C)c12. The third kappa shape index (κ3) is 3.86. The lowest BCUT2D eigenvalue weighted by molar-refractivity contribution is 0.0206. The van der Waals surface area contributed by atoms with Crippen molar-refractivity contribution in [2.45, 2.75) is 46.1 Å². The summed E-state index contributed by atoms with van der Waals surface area (Å²) >= 11 is 0. The molecule has 0 saturated carbocycles. The molecular formula is C20H21FO3. The highest BCUT2D eigenvalue weighted by atomic mass is 19.1. The van der Waals surface area contributed by atoms with Gasteiger partial charge >= 0.3 is 6.16 Å². The van der Waals surface area contributed by atoms with Gasteiger partial charge in [0.1, 0.15) is 17.2 Å². The maximum absolute atomic E-state index is 14.0. The molecule has 4 heteroatoms. The fourth-order valence-corrected chi connectivity index (χ4v) is 2.47. The molecule has 2 aromatic rings. The number of benzene rings is 2. The summed E-state index contributed by atoms with van der Waals surface area (Å²) in [4.78, 5) is 11.9. The Morgan fingerprint density at radius 1 is 1.25 bits per heavy atom. The smallest absolute Gasteiger partial charge is 0.428 e. The van der Waals surface area contributed by atoms with E-state index in [9.17, 15) is 9.18 Å². The first-order valence-corrected chi connectivity index (χ1v) is 7.76. The largest absolute Gasteiger partial charge is 0.514 e. The first-order chi connectivity index (χ1) is 11.1. The van der Waals surface area contributed by atoms with Crippen LogP contribution >= 0.6 is 0 Å². The normalized spacial score (nSPS) is 11.4. The molecule has 3 nitrogen and oxygen atoms in total. The highest BCUT2D eigenvalue weighted by Crippen LogP contribution is 2.34. The molecule has 0 fully saturated rings. The van der Waals surface area contributed by atoms with E-state index in [1.54, 1.807) is 39.0 Å². The van der Waals surface area contributed by atoms with E-state index >= 15 is 0 Å². The molecule has 0 amide bonds. The lowest BCUT2D eigenvalue weighted by Crippen LogP contribution is -2.26. The van der Waals surface area contributed by atoms with Crippen LogP contribution in [0.1, 0.15) is 51.7 Å². The van der Waals surface area contributed by atoms with Gasteiger partial charge in [-0.2, -0.15) is 0 Å². The monoisotopic (exact) mass is 328 g/mol. The molecule has 0 saturated heterocycles. The number of ether oxygens (including phenoxy) is 2. The van der Waals surface area contributed by atoms with Crippen molar-refractivity contribution in [3.8, 4) is 18.1 Å². The van der Waals surface area contributed by atoms with E-state index in [1.165, 1.54) is 6.07 Å². The predicted octanol–water partition coefficient (Wildman–Crippen LogP) is 5.40. The van der Waals surface area contributed by atoms with Crippen LogP contribution in [-0.4, -0.2) is 11.8 Å². The van der Waals surface area contributed by atoms with Crippen molar-refractivity contribution in [2.24, 2.45) is 0 Å². The molecule has 0 aliphatic carbocycles. The number of terminal acetylenes is 1. The van der Waals surface area contributed by atoms with Crippen molar-refractivity contribution in [3.63, 3.8) is 0 Å². The third-order valence-corrected chi connectivity index (χ3v) is 3.43. The molecule has 0 bridgehead atoms. The minimum atomic E-state index is -0.782. The number of rotatable bonds is 2. The van der Waals surface area contributed by atoms with Crippen molar-refractivity contribution in [1.82, 2.24) is 0 Å².